The van der Waals surface area contributed by atoms with Gasteiger partial charge in [0.1, 0.15) is 4.47 Å². The van der Waals surface area contributed by atoms with Crippen molar-refractivity contribution in [1.82, 2.24) is 4.57 Å². The maximum absolute atomic E-state index is 10.6. The summed E-state index contributed by atoms with van der Waals surface area (Å²) in [6.45, 7) is 0. The lowest BCUT2D eigenvalue weighted by Gasteiger charge is -2.17. The monoisotopic (exact) mass is 461 g/mol. The van der Waals surface area contributed by atoms with E-state index in [4.69, 9.17) is 0 Å². The zero-order valence-corrected chi connectivity index (χ0v) is 17.1. The number of rotatable bonds is 2. The van der Waals surface area contributed by atoms with E-state index in [1.165, 1.54) is 0 Å². The topological polar surface area (TPSA) is 85.9 Å². The lowest BCUT2D eigenvalue weighted by molar-refractivity contribution is 0.371. The van der Waals surface area contributed by atoms with E-state index in [-0.39, 0.29) is 10.0 Å². The van der Waals surface area contributed by atoms with Gasteiger partial charge in [0.25, 0.3) is 0 Å². The van der Waals surface area contributed by atoms with Gasteiger partial charge in [0.15, 0.2) is 23.0 Å². The number of nitrogens with zero attached hydrogens (tertiary/aromatic N) is 1. The number of benzene rings is 4. The van der Waals surface area contributed by atoms with Gasteiger partial charge >= 0.3 is 0 Å². The number of fused-ring (bicyclic) bond motifs is 3. The highest BCUT2D eigenvalue weighted by molar-refractivity contribution is 9.10. The molecule has 0 fully saturated rings. The van der Waals surface area contributed by atoms with Crippen LogP contribution in [0.5, 0.6) is 23.0 Å². The molecular weight excluding hydrogens is 446 g/mol. The molecule has 1 aromatic heterocycles. The van der Waals surface area contributed by atoms with Gasteiger partial charge in [-0.15, -0.1) is 0 Å². The van der Waals surface area contributed by atoms with E-state index < -0.39 is 23.0 Å². The molecule has 1 heterocycles. The van der Waals surface area contributed by atoms with E-state index in [1.54, 1.807) is 12.1 Å². The molecule has 0 aliphatic carbocycles. The molecule has 6 heteroatoms. The summed E-state index contributed by atoms with van der Waals surface area (Å²) >= 11 is 2.98. The molecule has 148 valence electrons. The lowest BCUT2D eigenvalue weighted by atomic mass is 10.00. The summed E-state index contributed by atoms with van der Waals surface area (Å²) < 4.78 is 1.87. The molecule has 5 rings (SSSR count). The molecule has 0 amide bonds. The SMILES string of the molecule is Oc1c(O)c(-c2ccccc2-n2c3ccccc3c3ccccc32)c(O)c(O)c1Br. The van der Waals surface area contributed by atoms with E-state index in [1.807, 2.05) is 65.2 Å². The molecule has 0 radical (unpaired) electrons. The van der Waals surface area contributed by atoms with Crippen LogP contribution in [0, 0.1) is 0 Å². The van der Waals surface area contributed by atoms with Crippen LogP contribution in [0.3, 0.4) is 0 Å². The number of aromatic hydroxyl groups is 4. The van der Waals surface area contributed by atoms with Gasteiger partial charge in [0, 0.05) is 16.3 Å². The molecule has 0 atom stereocenters. The Morgan fingerprint density at radius 2 is 1.03 bits per heavy atom. The van der Waals surface area contributed by atoms with Crippen LogP contribution in [-0.2, 0) is 0 Å². The van der Waals surface area contributed by atoms with Crippen LogP contribution >= 0.6 is 15.9 Å². The quantitative estimate of drug-likeness (QED) is 0.191. The van der Waals surface area contributed by atoms with E-state index in [9.17, 15) is 20.4 Å². The molecule has 0 saturated carbocycles. The highest BCUT2D eigenvalue weighted by Gasteiger charge is 2.25. The van der Waals surface area contributed by atoms with Crippen LogP contribution in [0.25, 0.3) is 38.6 Å². The third kappa shape index (κ3) is 2.47. The predicted octanol–water partition coefficient (Wildman–Crippen LogP) is 6.04. The smallest absolute Gasteiger partial charge is 0.176 e. The summed E-state index contributed by atoms with van der Waals surface area (Å²) in [6, 6.07) is 23.2. The lowest BCUT2D eigenvalue weighted by Crippen LogP contribution is -1.97. The Bertz CT molecular complexity index is 1370. The van der Waals surface area contributed by atoms with Crippen molar-refractivity contribution in [2.75, 3.05) is 0 Å². The standard InChI is InChI=1S/C24H16BrNO4/c25-20-23(29)21(27)19(22(28)24(20)30)15-9-3-6-12-18(15)26-16-10-4-1-7-13(16)14-8-2-5-11-17(14)26/h1-12,27-30H. The van der Waals surface area contributed by atoms with Crippen molar-refractivity contribution >= 4 is 37.7 Å². The number of phenols is 4. The molecule has 0 saturated heterocycles. The van der Waals surface area contributed by atoms with Crippen molar-refractivity contribution in [1.29, 1.82) is 0 Å². The van der Waals surface area contributed by atoms with Crippen LogP contribution in [0.4, 0.5) is 0 Å². The number of hydrogen-bond acceptors (Lipinski definition) is 4. The molecule has 0 spiro atoms. The second-order valence-electron chi connectivity index (χ2n) is 6.97. The summed E-state index contributed by atoms with van der Waals surface area (Å²) in [5.74, 6) is -2.13. The van der Waals surface area contributed by atoms with Gasteiger partial charge in [-0.3, -0.25) is 0 Å². The van der Waals surface area contributed by atoms with E-state index >= 15 is 0 Å². The molecular formula is C24H16BrNO4. The Morgan fingerprint density at radius 3 is 1.60 bits per heavy atom. The second kappa shape index (κ2) is 6.71. The maximum atomic E-state index is 10.6. The normalized spacial score (nSPS) is 11.4. The van der Waals surface area contributed by atoms with Crippen LogP contribution in [0.15, 0.2) is 77.3 Å². The number of aromatic nitrogens is 1. The fourth-order valence-corrected chi connectivity index (χ4v) is 4.36. The van der Waals surface area contributed by atoms with Gasteiger partial charge in [-0.05, 0) is 34.1 Å². The third-order valence-electron chi connectivity index (χ3n) is 5.33. The summed E-state index contributed by atoms with van der Waals surface area (Å²) in [4.78, 5) is 0. The van der Waals surface area contributed by atoms with Crippen molar-refractivity contribution in [3.05, 3.63) is 77.3 Å². The molecule has 0 bridgehead atoms. The van der Waals surface area contributed by atoms with Crippen LogP contribution < -0.4 is 0 Å². The van der Waals surface area contributed by atoms with Crippen LogP contribution in [0.1, 0.15) is 0 Å². The molecule has 0 unspecified atom stereocenters. The first-order chi connectivity index (χ1) is 14.5. The van der Waals surface area contributed by atoms with Gasteiger partial charge in [-0.25, -0.2) is 0 Å². The minimum absolute atomic E-state index is 0.0503. The molecule has 0 aliphatic heterocycles. The predicted molar refractivity (Wildman–Crippen MR) is 121 cm³/mol. The summed E-state index contributed by atoms with van der Waals surface area (Å²) in [6.07, 6.45) is 0. The van der Waals surface area contributed by atoms with Gasteiger partial charge < -0.3 is 25.0 Å². The first-order valence-electron chi connectivity index (χ1n) is 9.24. The largest absolute Gasteiger partial charge is 0.504 e. The molecule has 5 nitrogen and oxygen atoms in total. The van der Waals surface area contributed by atoms with Crippen LogP contribution in [0.2, 0.25) is 0 Å². The minimum atomic E-state index is -0.544. The Balaban J connectivity index is 1.93. The van der Waals surface area contributed by atoms with Gasteiger partial charge in [0.2, 0.25) is 0 Å². The van der Waals surface area contributed by atoms with Crippen molar-refractivity contribution in [2.45, 2.75) is 0 Å². The summed E-state index contributed by atoms with van der Waals surface area (Å²) in [7, 11) is 0. The highest BCUT2D eigenvalue weighted by Crippen LogP contribution is 2.54. The fourth-order valence-electron chi connectivity index (χ4n) is 3.99. The van der Waals surface area contributed by atoms with Crippen molar-refractivity contribution in [2.24, 2.45) is 0 Å². The first-order valence-corrected chi connectivity index (χ1v) is 10.0. The van der Waals surface area contributed by atoms with Gasteiger partial charge in [-0.2, -0.15) is 0 Å². The van der Waals surface area contributed by atoms with Crippen molar-refractivity contribution in [3.63, 3.8) is 0 Å². The van der Waals surface area contributed by atoms with Crippen LogP contribution in [-0.4, -0.2) is 25.0 Å². The Morgan fingerprint density at radius 1 is 0.567 bits per heavy atom. The molecule has 4 aromatic carbocycles. The zero-order chi connectivity index (χ0) is 21.0. The molecule has 5 aromatic rings. The fraction of sp³-hybridized carbons (Fsp3) is 0. The van der Waals surface area contributed by atoms with E-state index in [0.717, 1.165) is 21.8 Å². The summed E-state index contributed by atoms with van der Waals surface area (Å²) in [5, 5.41) is 43.9. The first kappa shape index (κ1) is 18.4. The Labute approximate surface area is 179 Å². The zero-order valence-electron chi connectivity index (χ0n) is 15.5. The average Bonchev–Trinajstić information content (AvgIpc) is 3.11. The van der Waals surface area contributed by atoms with Crippen molar-refractivity contribution in [3.8, 4) is 39.8 Å². The van der Waals surface area contributed by atoms with Crippen molar-refractivity contribution < 1.29 is 20.4 Å². The van der Waals surface area contributed by atoms with E-state index in [0.29, 0.717) is 11.3 Å². The maximum Gasteiger partial charge on any atom is 0.176 e. The Hall–Kier alpha value is -3.64. The molecule has 30 heavy (non-hydrogen) atoms. The Kier molecular flexibility index (Phi) is 4.11. The number of halogens is 1. The van der Waals surface area contributed by atoms with E-state index in [2.05, 4.69) is 15.9 Å². The average molecular weight is 462 g/mol. The number of hydrogen-bond donors (Lipinski definition) is 4. The van der Waals surface area contributed by atoms with Gasteiger partial charge in [0.05, 0.1) is 22.3 Å². The third-order valence-corrected chi connectivity index (χ3v) is 6.08. The minimum Gasteiger partial charge on any atom is -0.504 e. The second-order valence-corrected chi connectivity index (χ2v) is 7.76. The molecule has 0 aliphatic rings. The highest BCUT2D eigenvalue weighted by atomic mass is 79.9. The van der Waals surface area contributed by atoms with Gasteiger partial charge in [-0.1, -0.05) is 54.6 Å². The number of phenolic OH excluding ortho intramolecular Hbond substituents is 4. The summed E-state index contributed by atoms with van der Waals surface area (Å²) in [5.41, 5.74) is 3.00. The molecule has 4 N–H and O–H groups in total. The number of para-hydroxylation sites is 3.